The predicted octanol–water partition coefficient (Wildman–Crippen LogP) is 11.0. The predicted molar refractivity (Wildman–Crippen MR) is 256 cm³/mol. The van der Waals surface area contributed by atoms with Gasteiger partial charge in [-0.2, -0.15) is 0 Å². The van der Waals surface area contributed by atoms with Gasteiger partial charge >= 0.3 is 11.9 Å². The summed E-state index contributed by atoms with van der Waals surface area (Å²) in [7, 11) is 0. The normalized spacial score (nSPS) is 43.8. The summed E-state index contributed by atoms with van der Waals surface area (Å²) in [4.78, 5) is 37.1. The minimum absolute atomic E-state index is 0.110. The number of carbonyl (C=O) groups is 2. The molecule has 15 aliphatic rings. The summed E-state index contributed by atoms with van der Waals surface area (Å²) in [5, 5.41) is 13.4. The van der Waals surface area contributed by atoms with Gasteiger partial charge in [-0.05, 0) is 140 Å². The zero-order valence-corrected chi connectivity index (χ0v) is 40.3. The first-order valence-corrected chi connectivity index (χ1v) is 27.0. The van der Waals surface area contributed by atoms with E-state index in [0.717, 1.165) is 88.5 Å². The minimum atomic E-state index is -1.17. The topological polar surface area (TPSA) is 105 Å². The van der Waals surface area contributed by atoms with E-state index in [-0.39, 0.29) is 41.0 Å². The zero-order chi connectivity index (χ0) is 45.1. The maximum atomic E-state index is 16.3. The second-order valence-corrected chi connectivity index (χ2v) is 24.9. The Hall–Kier alpha value is -3.62. The highest BCUT2D eigenvalue weighted by molar-refractivity contribution is 6.01. The molecule has 6 aliphatic carbocycles. The highest BCUT2D eigenvalue weighted by Gasteiger charge is 2.94. The van der Waals surface area contributed by atoms with E-state index >= 15 is 9.59 Å². The lowest BCUT2D eigenvalue weighted by atomic mass is 9.27. The Morgan fingerprint density at radius 1 is 1.03 bits per heavy atom. The standard InChI is InChI=1S/C58H75N3O5/c1-33(2)17-20-55(4)21-18-38-27-43-34(3)24-39-15-16-45-40-25-36-30-60(32-40)41(26-35-10-6-5-7-11-35)28-46(62)52-56-22-19-42(49(43)51(39)61(45)31-36)50(38)57(56,54(64)65-52)47(29-55)58(56)44-14-8-12-37(13-9-23-59)48(44)53(63)66-58/h8,12,14-16,27,33-36,40-41,43,45,47,49,62H,5-7,9-11,13,17-26,28-32,59H2,1-4H3/b52-46-/t34-,36-,40+,41+,43+,45+,47+,49+,55-,56-,57-,58-/m1/s1. The lowest BCUT2D eigenvalue weighted by Crippen LogP contribution is -2.78. The number of aryl methyl sites for hydroxylation is 1. The van der Waals surface area contributed by atoms with Crippen molar-refractivity contribution in [1.29, 1.82) is 0 Å². The van der Waals surface area contributed by atoms with Gasteiger partial charge in [0, 0.05) is 55.2 Å². The second-order valence-electron chi connectivity index (χ2n) is 24.9. The largest absolute Gasteiger partial charge is 0.509 e. The molecule has 9 aliphatic heterocycles. The molecule has 12 bridgehead atoms. The molecule has 8 nitrogen and oxygen atoms in total. The second kappa shape index (κ2) is 14.9. The van der Waals surface area contributed by atoms with Crippen molar-refractivity contribution in [2.75, 3.05) is 26.2 Å². The van der Waals surface area contributed by atoms with Crippen molar-refractivity contribution in [3.05, 3.63) is 92.6 Å². The SMILES string of the molecule is CC(C)CC[C@]1(C)CCC2=C[C@@H]3[C@@H]4C5=C2[C@]26C(=O)O/C(=C(\O)C[C@H](CC7CCCCC7)N7C[C@H]8C[C@@H](C7)[C@@H]7C=CC(=C4N7C8)C[C@H]3C)[C@@]2(CC5)[C@]2(OC(=O)c3c(CCCN)cccc32)[C@H]6C1. The Morgan fingerprint density at radius 2 is 1.88 bits per heavy atom. The van der Waals surface area contributed by atoms with Gasteiger partial charge in [-0.1, -0.05) is 108 Å². The summed E-state index contributed by atoms with van der Waals surface area (Å²) in [6.07, 6.45) is 25.8. The average Bonchev–Trinajstić information content (AvgIpc) is 3.76. The average molecular weight is 894 g/mol. The first kappa shape index (κ1) is 42.5. The van der Waals surface area contributed by atoms with Gasteiger partial charge in [-0.15, -0.1) is 0 Å². The van der Waals surface area contributed by atoms with Crippen LogP contribution in [-0.4, -0.2) is 65.1 Å². The fourth-order valence-electron chi connectivity index (χ4n) is 18.3. The van der Waals surface area contributed by atoms with Gasteiger partial charge in [0.15, 0.2) is 11.4 Å². The van der Waals surface area contributed by atoms with Crippen molar-refractivity contribution in [2.45, 2.75) is 161 Å². The summed E-state index contributed by atoms with van der Waals surface area (Å²) >= 11 is 0. The third-order valence-electron chi connectivity index (χ3n) is 20.9. The maximum Gasteiger partial charge on any atom is 0.339 e. The van der Waals surface area contributed by atoms with E-state index < -0.39 is 16.4 Å². The molecule has 1 unspecified atom stereocenters. The molecule has 0 radical (unpaired) electrons. The Labute approximate surface area is 393 Å². The van der Waals surface area contributed by atoms with Crippen LogP contribution in [0.15, 0.2) is 75.9 Å². The Balaban J connectivity index is 1.10. The molecule has 13 atom stereocenters. The van der Waals surface area contributed by atoms with Crippen molar-refractivity contribution < 1.29 is 24.2 Å². The number of carbonyl (C=O) groups excluding carboxylic acids is 2. The number of allylic oxidation sites excluding steroid dienone is 5. The number of nitrogens with two attached hydrogens (primary N) is 1. The highest BCUT2D eigenvalue weighted by atomic mass is 16.6. The third kappa shape index (κ3) is 5.46. The molecule has 3 saturated carbocycles. The summed E-state index contributed by atoms with van der Waals surface area (Å²) in [6, 6.07) is 6.85. The number of benzene rings is 1. The van der Waals surface area contributed by atoms with E-state index in [0.29, 0.717) is 78.7 Å². The van der Waals surface area contributed by atoms with Crippen LogP contribution in [0.4, 0.5) is 0 Å². The van der Waals surface area contributed by atoms with E-state index in [4.69, 9.17) is 15.2 Å². The minimum Gasteiger partial charge on any atom is -0.509 e. The third-order valence-corrected chi connectivity index (χ3v) is 20.9. The molecule has 6 fully saturated rings. The van der Waals surface area contributed by atoms with Crippen LogP contribution in [0, 0.1) is 63.6 Å². The quantitative estimate of drug-likeness (QED) is 0.249. The number of ether oxygens (including phenoxy) is 2. The van der Waals surface area contributed by atoms with Gasteiger partial charge in [0.25, 0.3) is 0 Å². The van der Waals surface area contributed by atoms with Gasteiger partial charge < -0.3 is 25.2 Å². The van der Waals surface area contributed by atoms with Gasteiger partial charge in [-0.25, -0.2) is 4.79 Å². The van der Waals surface area contributed by atoms with Crippen LogP contribution in [0.2, 0.25) is 0 Å². The number of hydrogen-bond donors (Lipinski definition) is 2. The number of fused-ring (bicyclic) bond motifs is 3. The fourth-order valence-corrected chi connectivity index (χ4v) is 18.3. The van der Waals surface area contributed by atoms with Gasteiger partial charge in [-0.3, -0.25) is 9.69 Å². The fraction of sp³-hybridized carbons (Fsp3) is 0.690. The molecule has 0 aromatic heterocycles. The van der Waals surface area contributed by atoms with Crippen molar-refractivity contribution in [3.63, 3.8) is 0 Å². The Bertz CT molecular complexity index is 2440. The molecular formula is C58H75N3O5. The number of hydrogen-bond acceptors (Lipinski definition) is 8. The molecule has 1 aromatic carbocycles. The summed E-state index contributed by atoms with van der Waals surface area (Å²) in [5.41, 5.74) is 12.4. The highest BCUT2D eigenvalue weighted by Crippen LogP contribution is 2.88. The molecule has 3 N–H and O–H groups in total. The lowest BCUT2D eigenvalue weighted by Gasteiger charge is -2.73. The molecule has 16 rings (SSSR count). The number of esters is 2. The molecule has 352 valence electrons. The lowest BCUT2D eigenvalue weighted by molar-refractivity contribution is -0.283. The molecule has 3 saturated heterocycles. The van der Waals surface area contributed by atoms with Crippen molar-refractivity contribution in [1.82, 2.24) is 9.80 Å². The zero-order valence-electron chi connectivity index (χ0n) is 40.3. The maximum absolute atomic E-state index is 16.3. The van der Waals surface area contributed by atoms with Crippen LogP contribution in [0.3, 0.4) is 0 Å². The van der Waals surface area contributed by atoms with Crippen LogP contribution >= 0.6 is 0 Å². The Morgan fingerprint density at radius 3 is 2.70 bits per heavy atom. The summed E-state index contributed by atoms with van der Waals surface area (Å²) in [5.74, 6) is 3.12. The van der Waals surface area contributed by atoms with E-state index in [1.807, 2.05) is 0 Å². The van der Waals surface area contributed by atoms with Crippen molar-refractivity contribution >= 4 is 11.9 Å². The van der Waals surface area contributed by atoms with Gasteiger partial charge in [0.05, 0.1) is 17.0 Å². The van der Waals surface area contributed by atoms with Crippen molar-refractivity contribution in [2.24, 2.45) is 69.3 Å². The first-order valence-electron chi connectivity index (χ1n) is 27.0. The van der Waals surface area contributed by atoms with Crippen LogP contribution in [0.25, 0.3) is 0 Å². The van der Waals surface area contributed by atoms with E-state index in [9.17, 15) is 5.11 Å². The van der Waals surface area contributed by atoms with Crippen molar-refractivity contribution in [3.8, 4) is 0 Å². The van der Waals surface area contributed by atoms with Crippen LogP contribution in [-0.2, 0) is 26.3 Å². The molecular weight excluding hydrogens is 819 g/mol. The molecule has 66 heavy (non-hydrogen) atoms. The summed E-state index contributed by atoms with van der Waals surface area (Å²) in [6.45, 7) is 13.3. The first-order chi connectivity index (χ1) is 31.9. The number of aliphatic hydroxyl groups excluding tert-OH is 1. The molecule has 0 amide bonds. The monoisotopic (exact) mass is 894 g/mol. The smallest absolute Gasteiger partial charge is 0.339 e. The van der Waals surface area contributed by atoms with Crippen LogP contribution in [0.1, 0.15) is 158 Å². The molecule has 1 aromatic rings. The van der Waals surface area contributed by atoms with Gasteiger partial charge in [0.1, 0.15) is 11.2 Å². The van der Waals surface area contributed by atoms with E-state index in [1.54, 1.807) is 5.70 Å². The van der Waals surface area contributed by atoms with E-state index in [2.05, 4.69) is 73.9 Å². The number of piperidine rings is 2. The number of aliphatic hydroxyl groups is 1. The van der Waals surface area contributed by atoms with Gasteiger partial charge in [0.2, 0.25) is 0 Å². The Kier molecular flexibility index (Phi) is 9.62. The van der Waals surface area contributed by atoms with Crippen LogP contribution < -0.4 is 5.73 Å². The van der Waals surface area contributed by atoms with Crippen LogP contribution in [0.5, 0.6) is 0 Å². The number of rotatable bonds is 8. The molecule has 9 heterocycles. The van der Waals surface area contributed by atoms with E-state index in [1.165, 1.54) is 60.8 Å². The summed E-state index contributed by atoms with van der Waals surface area (Å²) < 4.78 is 14.4. The molecule has 3 spiro atoms. The molecule has 8 heteroatoms. The number of nitrogens with zero attached hydrogens (tertiary/aromatic N) is 2.